The zero-order valence-electron chi connectivity index (χ0n) is 15.4. The lowest BCUT2D eigenvalue weighted by Gasteiger charge is -2.44. The molecule has 2 fully saturated rings. The van der Waals surface area contributed by atoms with Gasteiger partial charge < -0.3 is 9.84 Å². The van der Waals surface area contributed by atoms with Crippen LogP contribution in [0.15, 0.2) is 23.8 Å². The van der Waals surface area contributed by atoms with Crippen molar-refractivity contribution in [3.05, 3.63) is 23.8 Å². The second-order valence-electron chi connectivity index (χ2n) is 7.70. The molecule has 2 saturated carbocycles. The van der Waals surface area contributed by atoms with Gasteiger partial charge in [0.05, 0.1) is 6.10 Å². The highest BCUT2D eigenvalue weighted by Crippen LogP contribution is 2.53. The van der Waals surface area contributed by atoms with Crippen molar-refractivity contribution in [2.45, 2.75) is 59.7 Å². The number of fused-ring (bicyclic) bond motifs is 1. The van der Waals surface area contributed by atoms with Gasteiger partial charge in [0.15, 0.2) is 0 Å². The number of ketones is 1. The molecule has 0 amide bonds. The third-order valence-electron chi connectivity index (χ3n) is 5.92. The molecule has 0 heterocycles. The van der Waals surface area contributed by atoms with Crippen molar-refractivity contribution in [2.75, 3.05) is 0 Å². The van der Waals surface area contributed by atoms with E-state index in [9.17, 15) is 14.7 Å². The average Bonchev–Trinajstić information content (AvgIpc) is 2.86. The van der Waals surface area contributed by atoms with Crippen molar-refractivity contribution in [1.82, 2.24) is 0 Å². The smallest absolute Gasteiger partial charge is 0.333 e. The molecule has 0 radical (unpaired) electrons. The molecule has 0 bridgehead atoms. The van der Waals surface area contributed by atoms with E-state index < -0.39 is 6.10 Å². The summed E-state index contributed by atoms with van der Waals surface area (Å²) >= 11 is 0. The average molecular weight is 334 g/mol. The monoisotopic (exact) mass is 334 g/mol. The van der Waals surface area contributed by atoms with Gasteiger partial charge in [-0.15, -0.1) is 0 Å². The Kier molecular flexibility index (Phi) is 5.69. The standard InChI is InChI=1S/C20H30O4/c1-7-11(4)20(23)24-17-9-14(10(2)3)19-15(12(17)5)8-16(22)18(19)13(6)21/h7,10,13-15,17-19,21H,5,8-9H2,1-4,6H3/b11-7-/t13-,14+,15+,17-,18+,19+/m1/s1. The largest absolute Gasteiger partial charge is 0.454 e. The van der Waals surface area contributed by atoms with Crippen molar-refractivity contribution in [3.63, 3.8) is 0 Å². The van der Waals surface area contributed by atoms with E-state index in [2.05, 4.69) is 20.4 Å². The molecule has 0 aromatic rings. The lowest BCUT2D eigenvalue weighted by Crippen LogP contribution is -2.43. The summed E-state index contributed by atoms with van der Waals surface area (Å²) in [7, 11) is 0. The highest BCUT2D eigenvalue weighted by Gasteiger charge is 2.54. The molecule has 0 aromatic carbocycles. The zero-order valence-corrected chi connectivity index (χ0v) is 15.4. The third kappa shape index (κ3) is 3.34. The summed E-state index contributed by atoms with van der Waals surface area (Å²) in [6.45, 7) is 13.7. The first-order valence-corrected chi connectivity index (χ1v) is 8.92. The van der Waals surface area contributed by atoms with Crippen molar-refractivity contribution < 1.29 is 19.4 Å². The van der Waals surface area contributed by atoms with Gasteiger partial charge in [-0.25, -0.2) is 4.79 Å². The molecule has 2 rings (SSSR count). The van der Waals surface area contributed by atoms with Crippen LogP contribution in [-0.4, -0.2) is 29.1 Å². The molecule has 0 aromatic heterocycles. The molecule has 0 spiro atoms. The van der Waals surface area contributed by atoms with E-state index in [1.165, 1.54) is 0 Å². The number of carbonyl (C=O) groups excluding carboxylic acids is 2. The van der Waals surface area contributed by atoms with Crippen LogP contribution >= 0.6 is 0 Å². The van der Waals surface area contributed by atoms with Gasteiger partial charge in [0.1, 0.15) is 11.9 Å². The van der Waals surface area contributed by atoms with Gasteiger partial charge in [-0.05, 0) is 56.4 Å². The molecule has 4 nitrogen and oxygen atoms in total. The molecule has 2 aliphatic rings. The quantitative estimate of drug-likeness (QED) is 0.487. The fourth-order valence-electron chi connectivity index (χ4n) is 4.46. The van der Waals surface area contributed by atoms with Crippen LogP contribution < -0.4 is 0 Å². The number of aliphatic hydroxyl groups is 1. The lowest BCUT2D eigenvalue weighted by atomic mass is 9.63. The van der Waals surface area contributed by atoms with Crippen LogP contribution in [0.3, 0.4) is 0 Å². The van der Waals surface area contributed by atoms with Gasteiger partial charge in [-0.1, -0.05) is 26.5 Å². The minimum Gasteiger partial charge on any atom is -0.454 e. The van der Waals surface area contributed by atoms with Crippen LogP contribution in [0.4, 0.5) is 0 Å². The Morgan fingerprint density at radius 2 is 2.00 bits per heavy atom. The first-order valence-electron chi connectivity index (χ1n) is 8.92. The number of aliphatic hydroxyl groups excluding tert-OH is 1. The molecular formula is C20H30O4. The van der Waals surface area contributed by atoms with E-state index in [1.54, 1.807) is 19.9 Å². The number of carbonyl (C=O) groups is 2. The second-order valence-corrected chi connectivity index (χ2v) is 7.70. The lowest BCUT2D eigenvalue weighted by molar-refractivity contribution is -0.146. The maximum Gasteiger partial charge on any atom is 0.333 e. The van der Waals surface area contributed by atoms with Crippen LogP contribution in [0, 0.1) is 29.6 Å². The fraction of sp³-hybridized carbons (Fsp3) is 0.700. The van der Waals surface area contributed by atoms with E-state index in [4.69, 9.17) is 4.74 Å². The number of Topliss-reactive ketones (excluding diaryl/α,β-unsaturated/α-hetero) is 1. The SMILES string of the molecule is C=C1[C@H](OC(=O)/C(C)=C\C)C[C@@H](C(C)C)[C@@H]2[C@@H]([C@@H](C)O)C(=O)C[C@@H]12. The Morgan fingerprint density at radius 3 is 2.50 bits per heavy atom. The normalized spacial score (nSPS) is 35.1. The van der Waals surface area contributed by atoms with E-state index in [-0.39, 0.29) is 41.5 Å². The summed E-state index contributed by atoms with van der Waals surface area (Å²) in [6.07, 6.45) is 1.82. The highest BCUT2D eigenvalue weighted by atomic mass is 16.5. The molecule has 6 atom stereocenters. The number of hydrogen-bond acceptors (Lipinski definition) is 4. The van der Waals surface area contributed by atoms with Crippen LogP contribution in [0.2, 0.25) is 0 Å². The summed E-state index contributed by atoms with van der Waals surface area (Å²) in [5, 5.41) is 10.1. The molecule has 0 unspecified atom stereocenters. The number of allylic oxidation sites excluding steroid dienone is 1. The highest BCUT2D eigenvalue weighted by molar-refractivity contribution is 5.88. The number of ether oxygens (including phenoxy) is 1. The molecular weight excluding hydrogens is 304 g/mol. The topological polar surface area (TPSA) is 63.6 Å². The zero-order chi connectivity index (χ0) is 18.2. The van der Waals surface area contributed by atoms with Crippen LogP contribution in [0.1, 0.15) is 47.5 Å². The number of esters is 1. The van der Waals surface area contributed by atoms with Gasteiger partial charge in [0.25, 0.3) is 0 Å². The minimum absolute atomic E-state index is 0.00182. The van der Waals surface area contributed by atoms with E-state index >= 15 is 0 Å². The van der Waals surface area contributed by atoms with Crippen LogP contribution in [0.5, 0.6) is 0 Å². The first kappa shape index (κ1) is 18.9. The maximum atomic E-state index is 12.5. The van der Waals surface area contributed by atoms with Gasteiger partial charge >= 0.3 is 5.97 Å². The fourth-order valence-corrected chi connectivity index (χ4v) is 4.46. The maximum absolute atomic E-state index is 12.5. The van der Waals surface area contributed by atoms with Gasteiger partial charge in [-0.2, -0.15) is 0 Å². The Labute approximate surface area is 145 Å². The van der Waals surface area contributed by atoms with E-state index in [0.717, 1.165) is 5.57 Å². The molecule has 2 aliphatic carbocycles. The van der Waals surface area contributed by atoms with Gasteiger partial charge in [-0.3, -0.25) is 4.79 Å². The van der Waals surface area contributed by atoms with E-state index in [0.29, 0.717) is 24.3 Å². The van der Waals surface area contributed by atoms with Crippen molar-refractivity contribution in [3.8, 4) is 0 Å². The predicted octanol–water partition coefficient (Wildman–Crippen LogP) is 3.30. The molecule has 0 saturated heterocycles. The summed E-state index contributed by atoms with van der Waals surface area (Å²) in [4.78, 5) is 24.6. The first-order chi connectivity index (χ1) is 11.2. The molecule has 134 valence electrons. The predicted molar refractivity (Wildman–Crippen MR) is 93.2 cm³/mol. The summed E-state index contributed by atoms with van der Waals surface area (Å²) in [5.74, 6) is 0.152. The molecule has 4 heteroatoms. The number of hydrogen-bond donors (Lipinski definition) is 1. The minimum atomic E-state index is -0.647. The molecule has 24 heavy (non-hydrogen) atoms. The number of rotatable bonds is 4. The summed E-state index contributed by atoms with van der Waals surface area (Å²) in [5.41, 5.74) is 1.42. The van der Waals surface area contributed by atoms with Gasteiger partial charge in [0.2, 0.25) is 0 Å². The second kappa shape index (κ2) is 7.22. The van der Waals surface area contributed by atoms with Crippen molar-refractivity contribution in [1.29, 1.82) is 0 Å². The van der Waals surface area contributed by atoms with E-state index in [1.807, 2.05) is 6.92 Å². The van der Waals surface area contributed by atoms with Crippen molar-refractivity contribution >= 4 is 11.8 Å². The Morgan fingerprint density at radius 1 is 1.38 bits per heavy atom. The molecule has 0 aliphatic heterocycles. The van der Waals surface area contributed by atoms with Crippen LogP contribution in [-0.2, 0) is 14.3 Å². The van der Waals surface area contributed by atoms with Crippen molar-refractivity contribution in [2.24, 2.45) is 29.6 Å². The third-order valence-corrected chi connectivity index (χ3v) is 5.92. The Balaban J connectivity index is 2.29. The summed E-state index contributed by atoms with van der Waals surface area (Å²) < 4.78 is 5.70. The Bertz CT molecular complexity index is 558. The summed E-state index contributed by atoms with van der Waals surface area (Å²) in [6, 6.07) is 0. The Hall–Kier alpha value is -1.42. The molecule has 1 N–H and O–H groups in total. The van der Waals surface area contributed by atoms with Crippen LogP contribution in [0.25, 0.3) is 0 Å². The van der Waals surface area contributed by atoms with Gasteiger partial charge in [0, 0.05) is 17.9 Å².